The van der Waals surface area contributed by atoms with E-state index in [9.17, 15) is 0 Å². The smallest absolute Gasteiger partial charge is 0.0108 e. The van der Waals surface area contributed by atoms with Gasteiger partial charge in [0.2, 0.25) is 0 Å². The molecule has 0 spiro atoms. The first-order valence-electron chi connectivity index (χ1n) is 5.10. The Morgan fingerprint density at radius 1 is 1.62 bits per heavy atom. The first-order valence-corrected chi connectivity index (χ1v) is 5.98. The van der Waals surface area contributed by atoms with Gasteiger partial charge in [0.05, 0.1) is 0 Å². The normalized spacial score (nSPS) is 21.5. The Balaban J connectivity index is 2.22. The van der Waals surface area contributed by atoms with Crippen LogP contribution in [-0.4, -0.2) is 13.1 Å². The number of aryl methyl sites for hydroxylation is 1. The molecule has 2 rings (SSSR count). The van der Waals surface area contributed by atoms with Gasteiger partial charge in [0.25, 0.3) is 0 Å². The Labute approximate surface area is 84.2 Å². The van der Waals surface area contributed by atoms with Gasteiger partial charge < -0.3 is 5.32 Å². The van der Waals surface area contributed by atoms with Gasteiger partial charge in [0.15, 0.2) is 0 Å². The summed E-state index contributed by atoms with van der Waals surface area (Å²) in [6, 6.07) is 0.715. The topological polar surface area (TPSA) is 12.0 Å². The summed E-state index contributed by atoms with van der Waals surface area (Å²) < 4.78 is 0. The Morgan fingerprint density at radius 2 is 2.46 bits per heavy atom. The molecule has 1 nitrogen and oxygen atoms in total. The summed E-state index contributed by atoms with van der Waals surface area (Å²) in [5.41, 5.74) is 3.27. The Kier molecular flexibility index (Phi) is 2.70. The molecule has 1 aromatic rings. The van der Waals surface area contributed by atoms with Gasteiger partial charge in [-0.3, -0.25) is 0 Å². The average molecular weight is 195 g/mol. The lowest BCUT2D eigenvalue weighted by molar-refractivity contribution is 0.497. The largest absolute Gasteiger partial charge is 0.317 e. The van der Waals surface area contributed by atoms with Crippen molar-refractivity contribution >= 4 is 11.3 Å². The minimum absolute atomic E-state index is 0.715. The first kappa shape index (κ1) is 9.22. The van der Waals surface area contributed by atoms with Crippen LogP contribution in [0.25, 0.3) is 0 Å². The molecule has 0 saturated heterocycles. The minimum atomic E-state index is 0.715. The molecule has 1 atom stereocenters. The fourth-order valence-electron chi connectivity index (χ4n) is 2.16. The lowest BCUT2D eigenvalue weighted by atomic mass is 9.90. The third kappa shape index (κ3) is 1.65. The van der Waals surface area contributed by atoms with E-state index in [2.05, 4.69) is 24.7 Å². The molecule has 1 N–H and O–H groups in total. The molecule has 0 aromatic carbocycles. The van der Waals surface area contributed by atoms with E-state index in [1.54, 1.807) is 16.0 Å². The first-order chi connectivity index (χ1) is 6.35. The van der Waals surface area contributed by atoms with Gasteiger partial charge in [0, 0.05) is 10.9 Å². The van der Waals surface area contributed by atoms with E-state index in [0.29, 0.717) is 6.04 Å². The van der Waals surface area contributed by atoms with Crippen molar-refractivity contribution in [1.29, 1.82) is 0 Å². The minimum Gasteiger partial charge on any atom is -0.317 e. The lowest BCUT2D eigenvalue weighted by Gasteiger charge is -2.22. The Bertz CT molecular complexity index is 290. The fourth-order valence-corrected chi connectivity index (χ4v) is 3.23. The molecule has 1 heterocycles. The van der Waals surface area contributed by atoms with Gasteiger partial charge >= 0.3 is 0 Å². The van der Waals surface area contributed by atoms with Gasteiger partial charge in [-0.05, 0) is 49.2 Å². The molecule has 1 aliphatic rings. The summed E-state index contributed by atoms with van der Waals surface area (Å²) in [5, 5.41) is 5.74. The maximum absolute atomic E-state index is 3.38. The van der Waals surface area contributed by atoms with Crippen molar-refractivity contribution in [2.45, 2.75) is 38.6 Å². The van der Waals surface area contributed by atoms with Gasteiger partial charge in [-0.15, -0.1) is 11.3 Å². The second-order valence-electron chi connectivity index (χ2n) is 3.74. The van der Waals surface area contributed by atoms with E-state index in [1.165, 1.54) is 25.7 Å². The zero-order valence-corrected chi connectivity index (χ0v) is 9.21. The number of hydrogen-bond acceptors (Lipinski definition) is 2. The van der Waals surface area contributed by atoms with Crippen LogP contribution in [0.3, 0.4) is 0 Å². The zero-order valence-electron chi connectivity index (χ0n) is 8.39. The number of fused-ring (bicyclic) bond motifs is 1. The molecule has 0 saturated carbocycles. The van der Waals surface area contributed by atoms with Gasteiger partial charge in [-0.25, -0.2) is 0 Å². The predicted molar refractivity (Wildman–Crippen MR) is 58.6 cm³/mol. The molecular formula is C11H17NS. The number of rotatable bonds is 2. The van der Waals surface area contributed by atoms with Crippen molar-refractivity contribution in [2.75, 3.05) is 7.05 Å². The van der Waals surface area contributed by atoms with Crippen molar-refractivity contribution < 1.29 is 0 Å². The second-order valence-corrected chi connectivity index (χ2v) is 4.71. The summed E-state index contributed by atoms with van der Waals surface area (Å²) in [4.78, 5) is 1.62. The molecular weight excluding hydrogens is 178 g/mol. The van der Waals surface area contributed by atoms with E-state index in [0.717, 1.165) is 0 Å². The quantitative estimate of drug-likeness (QED) is 0.764. The number of hydrogen-bond donors (Lipinski definition) is 1. The highest BCUT2D eigenvalue weighted by Gasteiger charge is 2.20. The van der Waals surface area contributed by atoms with Crippen LogP contribution in [0.2, 0.25) is 0 Å². The molecule has 0 radical (unpaired) electrons. The van der Waals surface area contributed by atoms with Gasteiger partial charge in [-0.2, -0.15) is 0 Å². The van der Waals surface area contributed by atoms with Crippen molar-refractivity contribution in [1.82, 2.24) is 5.32 Å². The maximum Gasteiger partial charge on any atom is 0.0108 e. The van der Waals surface area contributed by atoms with Crippen LogP contribution >= 0.6 is 11.3 Å². The molecule has 0 amide bonds. The van der Waals surface area contributed by atoms with Crippen LogP contribution in [0.5, 0.6) is 0 Å². The van der Waals surface area contributed by atoms with E-state index >= 15 is 0 Å². The van der Waals surface area contributed by atoms with Crippen molar-refractivity contribution in [3.63, 3.8) is 0 Å². The van der Waals surface area contributed by atoms with E-state index in [1.807, 2.05) is 11.3 Å². The van der Waals surface area contributed by atoms with Crippen LogP contribution < -0.4 is 5.32 Å². The zero-order chi connectivity index (χ0) is 9.26. The molecule has 2 heteroatoms. The summed E-state index contributed by atoms with van der Waals surface area (Å²) in [5.74, 6) is 0. The van der Waals surface area contributed by atoms with E-state index in [-0.39, 0.29) is 0 Å². The van der Waals surface area contributed by atoms with Gasteiger partial charge in [-0.1, -0.05) is 6.92 Å². The third-order valence-corrected chi connectivity index (χ3v) is 4.23. The lowest BCUT2D eigenvalue weighted by Crippen LogP contribution is -2.31. The number of likely N-dealkylation sites (N-methyl/N-ethyl adjacent to an activating group) is 1. The molecule has 0 bridgehead atoms. The Hall–Kier alpha value is -0.340. The third-order valence-electron chi connectivity index (χ3n) is 3.01. The van der Waals surface area contributed by atoms with Crippen molar-refractivity contribution in [2.24, 2.45) is 0 Å². The summed E-state index contributed by atoms with van der Waals surface area (Å²) >= 11 is 1.95. The van der Waals surface area contributed by atoms with Crippen molar-refractivity contribution in [3.05, 3.63) is 21.4 Å². The van der Waals surface area contributed by atoms with E-state index in [4.69, 9.17) is 0 Å². The average Bonchev–Trinajstić information content (AvgIpc) is 2.59. The number of thiophene rings is 1. The van der Waals surface area contributed by atoms with E-state index < -0.39 is 0 Å². The SMILES string of the molecule is CCc1scc2c1CCC(NC)C2. The summed E-state index contributed by atoms with van der Waals surface area (Å²) in [6.45, 7) is 2.26. The predicted octanol–water partition coefficient (Wildman–Crippen LogP) is 2.39. The van der Waals surface area contributed by atoms with Crippen LogP contribution in [0.1, 0.15) is 29.3 Å². The molecule has 0 aliphatic heterocycles. The van der Waals surface area contributed by atoms with Crippen LogP contribution in [-0.2, 0) is 19.3 Å². The fraction of sp³-hybridized carbons (Fsp3) is 0.636. The standard InChI is InChI=1S/C11H17NS/c1-3-11-10-5-4-9(12-2)6-8(10)7-13-11/h7,9,12H,3-6H2,1-2H3. The monoisotopic (exact) mass is 195 g/mol. The van der Waals surface area contributed by atoms with Crippen molar-refractivity contribution in [3.8, 4) is 0 Å². The summed E-state index contributed by atoms with van der Waals surface area (Å²) in [7, 11) is 2.07. The molecule has 13 heavy (non-hydrogen) atoms. The highest BCUT2D eigenvalue weighted by molar-refractivity contribution is 7.10. The molecule has 72 valence electrons. The second kappa shape index (κ2) is 3.81. The molecule has 1 aliphatic carbocycles. The van der Waals surface area contributed by atoms with Crippen LogP contribution in [0.4, 0.5) is 0 Å². The maximum atomic E-state index is 3.38. The highest BCUT2D eigenvalue weighted by atomic mass is 32.1. The molecule has 0 fully saturated rings. The summed E-state index contributed by atoms with van der Waals surface area (Å²) in [6.07, 6.45) is 5.05. The van der Waals surface area contributed by atoms with Crippen LogP contribution in [0, 0.1) is 0 Å². The number of nitrogens with one attached hydrogen (secondary N) is 1. The Morgan fingerprint density at radius 3 is 3.15 bits per heavy atom. The molecule has 1 unspecified atom stereocenters. The van der Waals surface area contributed by atoms with Gasteiger partial charge in [0.1, 0.15) is 0 Å². The molecule has 1 aromatic heterocycles. The van der Waals surface area contributed by atoms with Crippen LogP contribution in [0.15, 0.2) is 5.38 Å². The highest BCUT2D eigenvalue weighted by Crippen LogP contribution is 2.30.